The van der Waals surface area contributed by atoms with Crippen molar-refractivity contribution in [3.8, 4) is 0 Å². The Kier molecular flexibility index (Phi) is 2.56. The highest BCUT2D eigenvalue weighted by Gasteiger charge is 2.16. The molecule has 0 atom stereocenters. The third-order valence-corrected chi connectivity index (χ3v) is 3.29. The van der Waals surface area contributed by atoms with Crippen LogP contribution in [0.5, 0.6) is 0 Å². The van der Waals surface area contributed by atoms with Crippen LogP contribution in [0.4, 0.5) is 0 Å². The summed E-state index contributed by atoms with van der Waals surface area (Å²) in [4.78, 5) is 25.7. The maximum absolute atomic E-state index is 4.50. The zero-order chi connectivity index (χ0) is 15.9. The van der Waals surface area contributed by atoms with Gasteiger partial charge in [0.2, 0.25) is 5.96 Å². The monoisotopic (exact) mass is 316 g/mol. The first-order chi connectivity index (χ1) is 11.8. The molecule has 5 heterocycles. The van der Waals surface area contributed by atoms with E-state index in [9.17, 15) is 0 Å². The number of guanidine groups is 3. The predicted molar refractivity (Wildman–Crippen MR) is 90.2 cm³/mol. The molecule has 5 aliphatic rings. The van der Waals surface area contributed by atoms with E-state index in [-0.39, 0.29) is 11.9 Å². The second kappa shape index (κ2) is 4.84. The van der Waals surface area contributed by atoms with Gasteiger partial charge in [0.15, 0.2) is 11.7 Å². The van der Waals surface area contributed by atoms with E-state index in [1.165, 1.54) is 0 Å². The molecule has 5 rings (SSSR count). The van der Waals surface area contributed by atoms with Crippen molar-refractivity contribution in [2.75, 3.05) is 0 Å². The molecule has 114 valence electrons. The third-order valence-electron chi connectivity index (χ3n) is 3.29. The van der Waals surface area contributed by atoms with Crippen LogP contribution in [-0.2, 0) is 0 Å². The van der Waals surface area contributed by atoms with Crippen LogP contribution in [0.1, 0.15) is 0 Å². The van der Waals surface area contributed by atoms with E-state index in [0.717, 1.165) is 17.1 Å². The van der Waals surface area contributed by atoms with E-state index in [1.54, 1.807) is 12.2 Å². The number of nitrogens with one attached hydrogen (secondary N) is 2. The lowest BCUT2D eigenvalue weighted by Gasteiger charge is -1.95. The molecule has 10 nitrogen and oxygen atoms in total. The molecule has 0 saturated heterocycles. The van der Waals surface area contributed by atoms with Crippen LogP contribution in [0.2, 0.25) is 0 Å². The van der Waals surface area contributed by atoms with E-state index < -0.39 is 0 Å². The lowest BCUT2D eigenvalue weighted by atomic mass is 10.3. The van der Waals surface area contributed by atoms with Crippen LogP contribution >= 0.6 is 0 Å². The second-order valence-corrected chi connectivity index (χ2v) is 5.02. The molecule has 2 N–H and O–H groups in total. The smallest absolute Gasteiger partial charge is 0.275 e. The number of rotatable bonds is 0. The summed E-state index contributed by atoms with van der Waals surface area (Å²) in [5.74, 6) is 1.78. The first-order valence-corrected chi connectivity index (χ1v) is 7.06. The van der Waals surface area contributed by atoms with Gasteiger partial charge in [-0.2, -0.15) is 20.0 Å². The van der Waals surface area contributed by atoms with Crippen molar-refractivity contribution in [3.05, 3.63) is 48.0 Å². The molecule has 0 amide bonds. The summed E-state index contributed by atoms with van der Waals surface area (Å²) in [6, 6.07) is 0. The molecule has 0 aromatic carbocycles. The number of allylic oxidation sites excluding steroid dienone is 5. The highest BCUT2D eigenvalue weighted by atomic mass is 15.5. The number of hydrogen-bond acceptors (Lipinski definition) is 10. The maximum Gasteiger partial charge on any atom is 0.275 e. The zero-order valence-electron chi connectivity index (χ0n) is 12.0. The number of fused-ring (bicyclic) bond motifs is 4. The van der Waals surface area contributed by atoms with Crippen LogP contribution in [0.25, 0.3) is 0 Å². The first-order valence-electron chi connectivity index (χ1n) is 7.06. The molecule has 0 radical (unpaired) electrons. The molecule has 10 heteroatoms. The number of aliphatic imine (C=N–C) groups is 6. The molecule has 0 aromatic heterocycles. The normalized spacial score (nSPS) is 22.7. The second-order valence-electron chi connectivity index (χ2n) is 5.02. The molecule has 0 aliphatic carbocycles. The topological polar surface area (TPSA) is 123 Å². The maximum atomic E-state index is 4.50. The van der Waals surface area contributed by atoms with E-state index in [0.29, 0.717) is 17.6 Å². The minimum absolute atomic E-state index is 0.169. The average molecular weight is 316 g/mol. The van der Waals surface area contributed by atoms with E-state index in [4.69, 9.17) is 0 Å². The molecule has 24 heavy (non-hydrogen) atoms. The molecule has 0 saturated carbocycles. The largest absolute Gasteiger partial charge is 0.282 e. The van der Waals surface area contributed by atoms with Gasteiger partial charge < -0.3 is 0 Å². The van der Waals surface area contributed by atoms with Gasteiger partial charge in [-0.1, -0.05) is 0 Å². The lowest BCUT2D eigenvalue weighted by molar-refractivity contribution is 0.806. The third kappa shape index (κ3) is 2.31. The van der Waals surface area contributed by atoms with Gasteiger partial charge in [0, 0.05) is 6.08 Å². The minimum atomic E-state index is 0.169. The van der Waals surface area contributed by atoms with Crippen LogP contribution in [0, 0.1) is 0 Å². The Hall–Kier alpha value is -3.82. The summed E-state index contributed by atoms with van der Waals surface area (Å²) in [6.07, 6.45) is 11.1. The van der Waals surface area contributed by atoms with Gasteiger partial charge in [0.25, 0.3) is 11.9 Å². The quantitative estimate of drug-likeness (QED) is 0.686. The summed E-state index contributed by atoms with van der Waals surface area (Å²) in [6.45, 7) is 0. The van der Waals surface area contributed by atoms with Gasteiger partial charge in [-0.15, -0.1) is 10.2 Å². The molecule has 5 aliphatic heterocycles. The van der Waals surface area contributed by atoms with Gasteiger partial charge in [-0.05, 0) is 30.4 Å². The lowest BCUT2D eigenvalue weighted by Crippen LogP contribution is -2.28. The van der Waals surface area contributed by atoms with Gasteiger partial charge >= 0.3 is 0 Å². The number of nitrogens with zero attached hydrogens (tertiary/aromatic N) is 8. The number of azo groups is 1. The standard InChI is InChI=1S/C14H8N10/c1-2-9-6-11-18-13(22-21-11)20-14-19-12(23-24-14)17-10-4-3-8(16-10)5-7(1)15-9/h1-6H,(H2,16,17,18,19,20,21,22,23,24). The van der Waals surface area contributed by atoms with Crippen molar-refractivity contribution in [2.45, 2.75) is 0 Å². The molecular formula is C14H8N10. The van der Waals surface area contributed by atoms with E-state index >= 15 is 0 Å². The fourth-order valence-corrected chi connectivity index (χ4v) is 2.28. The SMILES string of the molecule is C1=CC2=NC1=CC1=NC(=NC3=NC(=NC4=NC(=C2)NN4)N=N3)C=C1. The molecular weight excluding hydrogens is 308 g/mol. The molecule has 0 aromatic rings. The Morgan fingerprint density at radius 1 is 0.625 bits per heavy atom. The Morgan fingerprint density at radius 2 is 1.46 bits per heavy atom. The molecule has 0 fully saturated rings. The van der Waals surface area contributed by atoms with Gasteiger partial charge in [-0.25, -0.2) is 9.98 Å². The first kappa shape index (κ1) is 12.7. The Labute approximate surface area is 135 Å². The molecule has 0 spiro atoms. The average Bonchev–Trinajstić information content (AvgIpc) is 3.32. The summed E-state index contributed by atoms with van der Waals surface area (Å²) >= 11 is 0. The summed E-state index contributed by atoms with van der Waals surface area (Å²) in [5.41, 5.74) is 8.05. The van der Waals surface area contributed by atoms with Crippen LogP contribution < -0.4 is 10.9 Å². The molecule has 8 bridgehead atoms. The highest BCUT2D eigenvalue weighted by Crippen LogP contribution is 2.14. The number of amidine groups is 1. The number of hydrogen-bond donors (Lipinski definition) is 2. The van der Waals surface area contributed by atoms with Crippen molar-refractivity contribution < 1.29 is 0 Å². The van der Waals surface area contributed by atoms with E-state index in [1.807, 2.05) is 24.3 Å². The Morgan fingerprint density at radius 3 is 2.42 bits per heavy atom. The van der Waals surface area contributed by atoms with Crippen LogP contribution in [-0.4, -0.2) is 35.1 Å². The summed E-state index contributed by atoms with van der Waals surface area (Å²) in [7, 11) is 0. The number of hydrazine groups is 1. The van der Waals surface area contributed by atoms with Crippen molar-refractivity contribution in [1.82, 2.24) is 10.9 Å². The summed E-state index contributed by atoms with van der Waals surface area (Å²) in [5, 5.41) is 7.73. The van der Waals surface area contributed by atoms with Gasteiger partial charge in [0.05, 0.1) is 17.1 Å². The fourth-order valence-electron chi connectivity index (χ4n) is 2.28. The highest BCUT2D eigenvalue weighted by molar-refractivity contribution is 6.22. The fraction of sp³-hybridized carbons (Fsp3) is 0. The van der Waals surface area contributed by atoms with Crippen LogP contribution in [0.3, 0.4) is 0 Å². The van der Waals surface area contributed by atoms with Crippen molar-refractivity contribution in [3.63, 3.8) is 0 Å². The Balaban J connectivity index is 1.64. The zero-order valence-corrected chi connectivity index (χ0v) is 12.0. The summed E-state index contributed by atoms with van der Waals surface area (Å²) < 4.78 is 0. The van der Waals surface area contributed by atoms with Gasteiger partial charge in [-0.3, -0.25) is 10.9 Å². The van der Waals surface area contributed by atoms with Crippen molar-refractivity contribution in [2.24, 2.45) is 40.2 Å². The Bertz CT molecular complexity index is 991. The van der Waals surface area contributed by atoms with Gasteiger partial charge in [0.1, 0.15) is 0 Å². The van der Waals surface area contributed by atoms with Crippen molar-refractivity contribution >= 4 is 35.1 Å². The van der Waals surface area contributed by atoms with Crippen molar-refractivity contribution in [1.29, 1.82) is 0 Å². The molecule has 0 unspecified atom stereocenters. The minimum Gasteiger partial charge on any atom is -0.282 e. The predicted octanol–water partition coefficient (Wildman–Crippen LogP) is 0.787. The van der Waals surface area contributed by atoms with Crippen LogP contribution in [0.15, 0.2) is 88.2 Å². The van der Waals surface area contributed by atoms with E-state index in [2.05, 4.69) is 51.0 Å².